The molecule has 3 heteroatoms. The summed E-state index contributed by atoms with van der Waals surface area (Å²) in [5.74, 6) is 1.96. The van der Waals surface area contributed by atoms with Gasteiger partial charge in [0.2, 0.25) is 0 Å². The van der Waals surface area contributed by atoms with Crippen LogP contribution >= 0.6 is 0 Å². The second kappa shape index (κ2) is 3.93. The summed E-state index contributed by atoms with van der Waals surface area (Å²) in [5, 5.41) is 0. The van der Waals surface area contributed by atoms with Gasteiger partial charge < -0.3 is 14.3 Å². The lowest BCUT2D eigenvalue weighted by molar-refractivity contribution is -0.108. The Bertz CT molecular complexity index is 373. The molecule has 0 aliphatic heterocycles. The summed E-state index contributed by atoms with van der Waals surface area (Å²) >= 11 is 0. The molecule has 15 heavy (non-hydrogen) atoms. The van der Waals surface area contributed by atoms with Gasteiger partial charge in [-0.05, 0) is 18.4 Å². The van der Waals surface area contributed by atoms with E-state index in [0.29, 0.717) is 5.92 Å². The van der Waals surface area contributed by atoms with Crippen LogP contribution in [0.1, 0.15) is 17.9 Å². The molecule has 0 saturated heterocycles. The van der Waals surface area contributed by atoms with Crippen molar-refractivity contribution in [2.45, 2.75) is 12.3 Å². The number of aldehydes is 1. The van der Waals surface area contributed by atoms with Gasteiger partial charge in [-0.2, -0.15) is 0 Å². The number of hydrogen-bond acceptors (Lipinski definition) is 3. The molecule has 1 aliphatic rings. The molecule has 3 nitrogen and oxygen atoms in total. The molecule has 1 aliphatic carbocycles. The summed E-state index contributed by atoms with van der Waals surface area (Å²) in [6, 6.07) is 5.78. The van der Waals surface area contributed by atoms with Gasteiger partial charge in [0.05, 0.1) is 14.2 Å². The third-order valence-corrected chi connectivity index (χ3v) is 2.85. The maximum absolute atomic E-state index is 10.6. The predicted octanol–water partition coefficient (Wildman–Crippen LogP) is 2.01. The minimum Gasteiger partial charge on any atom is -0.493 e. The van der Waals surface area contributed by atoms with Crippen molar-refractivity contribution in [2.24, 2.45) is 5.92 Å². The fraction of sp³-hybridized carbons (Fsp3) is 0.417. The number of ether oxygens (including phenoxy) is 2. The van der Waals surface area contributed by atoms with Crippen molar-refractivity contribution in [3.05, 3.63) is 23.8 Å². The number of methoxy groups -OCH3 is 2. The Morgan fingerprint density at radius 2 is 2.13 bits per heavy atom. The van der Waals surface area contributed by atoms with Crippen LogP contribution in [0.2, 0.25) is 0 Å². The Morgan fingerprint density at radius 1 is 1.33 bits per heavy atom. The third-order valence-electron chi connectivity index (χ3n) is 2.85. The fourth-order valence-corrected chi connectivity index (χ4v) is 1.93. The molecule has 1 aromatic rings. The van der Waals surface area contributed by atoms with Crippen LogP contribution in [0.4, 0.5) is 0 Å². The summed E-state index contributed by atoms with van der Waals surface area (Å²) in [4.78, 5) is 10.6. The van der Waals surface area contributed by atoms with Crippen LogP contribution in [0, 0.1) is 5.92 Å². The maximum atomic E-state index is 10.6. The Hall–Kier alpha value is -1.51. The molecule has 0 aromatic heterocycles. The van der Waals surface area contributed by atoms with Crippen molar-refractivity contribution in [3.63, 3.8) is 0 Å². The first kappa shape index (κ1) is 10.0. The van der Waals surface area contributed by atoms with Crippen LogP contribution in [-0.4, -0.2) is 20.5 Å². The average Bonchev–Trinajstić information content (AvgIpc) is 3.07. The zero-order chi connectivity index (χ0) is 10.8. The minimum atomic E-state index is 0.158. The number of hydrogen-bond donors (Lipinski definition) is 0. The minimum absolute atomic E-state index is 0.158. The zero-order valence-electron chi connectivity index (χ0n) is 8.90. The van der Waals surface area contributed by atoms with E-state index in [4.69, 9.17) is 9.47 Å². The Morgan fingerprint density at radius 3 is 2.67 bits per heavy atom. The van der Waals surface area contributed by atoms with Crippen LogP contribution in [-0.2, 0) is 4.79 Å². The number of para-hydroxylation sites is 1. The molecule has 80 valence electrons. The summed E-state index contributed by atoms with van der Waals surface area (Å²) in [6.07, 6.45) is 1.94. The SMILES string of the molecule is COc1cccc([C@H]2C[C@@H]2C=O)c1OC. The van der Waals surface area contributed by atoms with Gasteiger partial charge in [0.1, 0.15) is 6.29 Å². The van der Waals surface area contributed by atoms with E-state index in [0.717, 1.165) is 29.8 Å². The van der Waals surface area contributed by atoms with E-state index in [1.54, 1.807) is 14.2 Å². The molecule has 1 saturated carbocycles. The van der Waals surface area contributed by atoms with E-state index in [1.807, 2.05) is 18.2 Å². The van der Waals surface area contributed by atoms with Crippen LogP contribution in [0.5, 0.6) is 11.5 Å². The molecule has 0 bridgehead atoms. The Balaban J connectivity index is 2.34. The number of carbonyl (C=O) groups is 1. The quantitative estimate of drug-likeness (QED) is 0.707. The summed E-state index contributed by atoms with van der Waals surface area (Å²) in [5.41, 5.74) is 1.08. The zero-order valence-corrected chi connectivity index (χ0v) is 8.90. The monoisotopic (exact) mass is 206 g/mol. The van der Waals surface area contributed by atoms with E-state index in [1.165, 1.54) is 0 Å². The normalized spacial score (nSPS) is 23.3. The molecular weight excluding hydrogens is 192 g/mol. The third kappa shape index (κ3) is 1.69. The van der Waals surface area contributed by atoms with Crippen molar-refractivity contribution < 1.29 is 14.3 Å². The van der Waals surface area contributed by atoms with E-state index >= 15 is 0 Å². The van der Waals surface area contributed by atoms with Crippen LogP contribution < -0.4 is 9.47 Å². The molecule has 1 aromatic carbocycles. The summed E-state index contributed by atoms with van der Waals surface area (Å²) in [6.45, 7) is 0. The van der Waals surface area contributed by atoms with Gasteiger partial charge in [-0.1, -0.05) is 12.1 Å². The number of benzene rings is 1. The second-order valence-electron chi connectivity index (χ2n) is 3.72. The van der Waals surface area contributed by atoms with E-state index in [-0.39, 0.29) is 5.92 Å². The molecule has 0 radical (unpaired) electrons. The molecule has 1 fully saturated rings. The van der Waals surface area contributed by atoms with Crippen molar-refractivity contribution in [1.29, 1.82) is 0 Å². The fourth-order valence-electron chi connectivity index (χ4n) is 1.93. The summed E-state index contributed by atoms with van der Waals surface area (Å²) < 4.78 is 10.5. The van der Waals surface area contributed by atoms with Crippen molar-refractivity contribution >= 4 is 6.29 Å². The predicted molar refractivity (Wildman–Crippen MR) is 56.5 cm³/mol. The summed E-state index contributed by atoms with van der Waals surface area (Å²) in [7, 11) is 3.24. The van der Waals surface area contributed by atoms with Gasteiger partial charge >= 0.3 is 0 Å². The van der Waals surface area contributed by atoms with Gasteiger partial charge in [0, 0.05) is 11.5 Å². The highest BCUT2D eigenvalue weighted by molar-refractivity contribution is 5.63. The van der Waals surface area contributed by atoms with E-state index < -0.39 is 0 Å². The average molecular weight is 206 g/mol. The lowest BCUT2D eigenvalue weighted by atomic mass is 10.1. The highest BCUT2D eigenvalue weighted by Gasteiger charge is 2.40. The van der Waals surface area contributed by atoms with Crippen LogP contribution in [0.15, 0.2) is 18.2 Å². The standard InChI is InChI=1S/C12H14O3/c1-14-11-5-3-4-9(12(11)15-2)10-6-8(10)7-13/h3-5,7-8,10H,6H2,1-2H3/t8-,10+/m1/s1. The molecule has 2 rings (SSSR count). The molecule has 0 unspecified atom stereocenters. The second-order valence-corrected chi connectivity index (χ2v) is 3.72. The van der Waals surface area contributed by atoms with E-state index in [2.05, 4.69) is 0 Å². The molecule has 0 spiro atoms. The van der Waals surface area contributed by atoms with E-state index in [9.17, 15) is 4.79 Å². The lowest BCUT2D eigenvalue weighted by Crippen LogP contribution is -1.95. The molecule has 2 atom stereocenters. The highest BCUT2D eigenvalue weighted by Crippen LogP contribution is 2.51. The number of rotatable bonds is 4. The van der Waals surface area contributed by atoms with Crippen LogP contribution in [0.3, 0.4) is 0 Å². The largest absolute Gasteiger partial charge is 0.493 e. The van der Waals surface area contributed by atoms with Gasteiger partial charge in [-0.3, -0.25) is 0 Å². The van der Waals surface area contributed by atoms with Crippen molar-refractivity contribution in [2.75, 3.05) is 14.2 Å². The van der Waals surface area contributed by atoms with Crippen LogP contribution in [0.25, 0.3) is 0 Å². The molecule has 0 N–H and O–H groups in total. The van der Waals surface area contributed by atoms with Crippen molar-refractivity contribution in [3.8, 4) is 11.5 Å². The Kier molecular flexibility index (Phi) is 2.62. The van der Waals surface area contributed by atoms with Gasteiger partial charge in [0.15, 0.2) is 11.5 Å². The molecule has 0 amide bonds. The lowest BCUT2D eigenvalue weighted by Gasteiger charge is -2.11. The first-order valence-corrected chi connectivity index (χ1v) is 4.98. The first-order chi connectivity index (χ1) is 7.31. The van der Waals surface area contributed by atoms with Crippen molar-refractivity contribution in [1.82, 2.24) is 0 Å². The Labute approximate surface area is 89.0 Å². The van der Waals surface area contributed by atoms with Gasteiger partial charge in [-0.15, -0.1) is 0 Å². The maximum Gasteiger partial charge on any atom is 0.164 e. The van der Waals surface area contributed by atoms with Gasteiger partial charge in [0.25, 0.3) is 0 Å². The molecular formula is C12H14O3. The first-order valence-electron chi connectivity index (χ1n) is 4.98. The number of carbonyl (C=O) groups excluding carboxylic acids is 1. The highest BCUT2D eigenvalue weighted by atomic mass is 16.5. The molecule has 0 heterocycles. The topological polar surface area (TPSA) is 35.5 Å². The van der Waals surface area contributed by atoms with Gasteiger partial charge in [-0.25, -0.2) is 0 Å². The smallest absolute Gasteiger partial charge is 0.164 e.